The second-order valence-electron chi connectivity index (χ2n) is 14.0. The zero-order chi connectivity index (χ0) is 35.8. The van der Waals surface area contributed by atoms with E-state index in [1.165, 1.54) is 7.11 Å². The van der Waals surface area contributed by atoms with Crippen LogP contribution in [0.15, 0.2) is 73.1 Å². The van der Waals surface area contributed by atoms with E-state index in [1.807, 2.05) is 35.4 Å². The van der Waals surface area contributed by atoms with E-state index in [0.29, 0.717) is 38.4 Å². The fourth-order valence-electron chi connectivity index (χ4n) is 7.77. The number of nitrogens with one attached hydrogen (secondary N) is 4. The van der Waals surface area contributed by atoms with Crippen LogP contribution in [0.2, 0.25) is 0 Å². The van der Waals surface area contributed by atoms with E-state index in [2.05, 4.69) is 62.0 Å². The molecule has 0 aliphatic carbocycles. The molecule has 3 aliphatic heterocycles. The highest BCUT2D eigenvalue weighted by Crippen LogP contribution is 2.36. The molecule has 270 valence electrons. The number of alkyl halides is 2. The Morgan fingerprint density at radius 1 is 0.885 bits per heavy atom. The van der Waals surface area contributed by atoms with Crippen LogP contribution in [0.5, 0.6) is 0 Å². The lowest BCUT2D eigenvalue weighted by molar-refractivity contribution is -0.136. The molecule has 4 N–H and O–H groups in total. The zero-order valence-corrected chi connectivity index (χ0v) is 28.8. The summed E-state index contributed by atoms with van der Waals surface area (Å²) in [7, 11) is 1.31. The van der Waals surface area contributed by atoms with Crippen LogP contribution in [-0.4, -0.2) is 82.2 Å². The first-order chi connectivity index (χ1) is 25.2. The van der Waals surface area contributed by atoms with Crippen molar-refractivity contribution in [3.05, 3.63) is 84.7 Å². The zero-order valence-electron chi connectivity index (χ0n) is 28.8. The lowest BCUT2D eigenvalue weighted by Gasteiger charge is -2.34. The molecule has 2 unspecified atom stereocenters. The van der Waals surface area contributed by atoms with Gasteiger partial charge in [-0.2, -0.15) is 0 Å². The third-order valence-electron chi connectivity index (χ3n) is 10.6. The average molecular weight is 710 g/mol. The largest absolute Gasteiger partial charge is 0.453 e. The predicted molar refractivity (Wildman–Crippen MR) is 191 cm³/mol. The molecule has 0 saturated carbocycles. The second-order valence-corrected chi connectivity index (χ2v) is 14.0. The summed E-state index contributed by atoms with van der Waals surface area (Å²) >= 11 is 0. The number of alkyl carbamates (subject to hydrolysis) is 1. The Balaban J connectivity index is 0.960. The third-order valence-corrected chi connectivity index (χ3v) is 10.6. The van der Waals surface area contributed by atoms with Gasteiger partial charge >= 0.3 is 6.09 Å². The number of aromatic amines is 2. The van der Waals surface area contributed by atoms with Gasteiger partial charge in [0.25, 0.3) is 5.92 Å². The van der Waals surface area contributed by atoms with Gasteiger partial charge in [-0.15, -0.1) is 0 Å². The van der Waals surface area contributed by atoms with Gasteiger partial charge in [0, 0.05) is 31.7 Å². The van der Waals surface area contributed by atoms with Crippen molar-refractivity contribution in [2.45, 2.75) is 56.2 Å². The van der Waals surface area contributed by atoms with Crippen LogP contribution in [0.25, 0.3) is 44.4 Å². The number of carbonyl (C=O) groups excluding carboxylic acids is 2. The van der Waals surface area contributed by atoms with Crippen LogP contribution < -0.4 is 10.6 Å². The number of carbonyl (C=O) groups is 2. The molecule has 52 heavy (non-hydrogen) atoms. The van der Waals surface area contributed by atoms with Gasteiger partial charge < -0.3 is 35.0 Å². The van der Waals surface area contributed by atoms with Gasteiger partial charge in [-0.3, -0.25) is 4.79 Å². The number of aromatic nitrogens is 4. The van der Waals surface area contributed by atoms with Crippen LogP contribution in [0.3, 0.4) is 0 Å². The van der Waals surface area contributed by atoms with Crippen LogP contribution in [0.4, 0.5) is 13.6 Å². The summed E-state index contributed by atoms with van der Waals surface area (Å²) in [6, 6.07) is 19.4. The first-order valence-electron chi connectivity index (χ1n) is 17.8. The number of rotatable bonds is 8. The van der Waals surface area contributed by atoms with Crippen LogP contribution in [0, 0.1) is 5.92 Å². The molecule has 11 nitrogen and oxygen atoms in total. The first-order valence-corrected chi connectivity index (χ1v) is 17.8. The van der Waals surface area contributed by atoms with E-state index in [-0.39, 0.29) is 30.8 Å². The smallest absolute Gasteiger partial charge is 0.407 e. The number of hydrogen-bond donors (Lipinski definition) is 4. The Bertz CT molecular complexity index is 2070. The number of methoxy groups -OCH3 is 1. The van der Waals surface area contributed by atoms with Crippen molar-refractivity contribution < 1.29 is 27.8 Å². The molecule has 5 heterocycles. The van der Waals surface area contributed by atoms with Crippen molar-refractivity contribution in [3.63, 3.8) is 0 Å². The van der Waals surface area contributed by atoms with E-state index in [4.69, 9.17) is 14.5 Å². The Labute approximate surface area is 299 Å². The number of hydrogen-bond acceptors (Lipinski definition) is 7. The number of H-pyrrole nitrogens is 2. The summed E-state index contributed by atoms with van der Waals surface area (Å²) in [6.07, 6.45) is 5.65. The van der Waals surface area contributed by atoms with E-state index < -0.39 is 24.1 Å². The summed E-state index contributed by atoms with van der Waals surface area (Å²) < 4.78 is 37.7. The van der Waals surface area contributed by atoms with Crippen molar-refractivity contribution in [3.8, 4) is 33.6 Å². The van der Waals surface area contributed by atoms with Crippen LogP contribution in [0.1, 0.15) is 55.8 Å². The minimum absolute atomic E-state index is 0.0249. The number of amides is 2. The number of fused-ring (bicyclic) bond motifs is 1. The predicted octanol–water partition coefficient (Wildman–Crippen LogP) is 6.77. The number of nitrogens with zero attached hydrogens (tertiary/aromatic N) is 3. The molecule has 3 aromatic carbocycles. The molecule has 0 bridgehead atoms. The topological polar surface area (TPSA) is 137 Å². The van der Waals surface area contributed by atoms with Crippen LogP contribution in [-0.2, 0) is 14.3 Å². The van der Waals surface area contributed by atoms with Crippen molar-refractivity contribution >= 4 is 22.8 Å². The fourth-order valence-corrected chi connectivity index (χ4v) is 7.77. The third kappa shape index (κ3) is 6.90. The van der Waals surface area contributed by atoms with Gasteiger partial charge in [0.15, 0.2) is 0 Å². The summed E-state index contributed by atoms with van der Waals surface area (Å²) in [5, 5.41) is 7.82. The molecular formula is C39H41F2N7O4. The molecule has 3 atom stereocenters. The maximum absolute atomic E-state index is 13.9. The van der Waals surface area contributed by atoms with Crippen molar-refractivity contribution in [2.24, 2.45) is 5.92 Å². The summed E-state index contributed by atoms with van der Waals surface area (Å²) in [5.74, 6) is -1.60. The second kappa shape index (κ2) is 14.1. The first kappa shape index (κ1) is 34.0. The molecule has 3 aliphatic rings. The molecule has 0 radical (unpaired) electrons. The lowest BCUT2D eigenvalue weighted by Crippen LogP contribution is -2.53. The summed E-state index contributed by atoms with van der Waals surface area (Å²) in [6.45, 7) is 1.38. The summed E-state index contributed by atoms with van der Waals surface area (Å²) in [4.78, 5) is 43.8. The number of ether oxygens (including phenoxy) is 2. The Morgan fingerprint density at radius 3 is 2.23 bits per heavy atom. The summed E-state index contributed by atoms with van der Waals surface area (Å²) in [5.41, 5.74) is 5.70. The molecule has 0 spiro atoms. The van der Waals surface area contributed by atoms with Crippen LogP contribution >= 0.6 is 0 Å². The minimum Gasteiger partial charge on any atom is -0.453 e. The van der Waals surface area contributed by atoms with Gasteiger partial charge in [0.2, 0.25) is 5.91 Å². The monoisotopic (exact) mass is 709 g/mol. The lowest BCUT2D eigenvalue weighted by atomic mass is 9.90. The van der Waals surface area contributed by atoms with E-state index >= 15 is 0 Å². The number of likely N-dealkylation sites (tertiary alicyclic amines) is 1. The average Bonchev–Trinajstić information content (AvgIpc) is 4.00. The van der Waals surface area contributed by atoms with E-state index in [1.54, 1.807) is 6.20 Å². The van der Waals surface area contributed by atoms with E-state index in [9.17, 15) is 18.4 Å². The fraction of sp³-hybridized carbons (Fsp3) is 0.385. The van der Waals surface area contributed by atoms with Crippen molar-refractivity contribution in [1.82, 2.24) is 35.5 Å². The molecular weight excluding hydrogens is 668 g/mol. The molecule has 2 amide bonds. The quantitative estimate of drug-likeness (QED) is 0.140. The molecule has 3 fully saturated rings. The van der Waals surface area contributed by atoms with Gasteiger partial charge in [-0.05, 0) is 71.2 Å². The number of halogens is 2. The Kier molecular flexibility index (Phi) is 9.22. The molecule has 2 aromatic heterocycles. The SMILES string of the molecule is COC(=O)N[C@H](C(=O)N1CCCC1c1ncc(-c2ccc3cc(-c4ccc(-c5cnc(C6CC(F)(F)CN6)[nH]5)cc4)ccc3c2)[nH]1)C1CCOCC1. The Morgan fingerprint density at radius 2 is 1.52 bits per heavy atom. The van der Waals surface area contributed by atoms with Gasteiger partial charge in [-0.25, -0.2) is 23.5 Å². The number of benzene rings is 3. The van der Waals surface area contributed by atoms with Gasteiger partial charge in [-0.1, -0.05) is 48.5 Å². The van der Waals surface area contributed by atoms with Gasteiger partial charge in [0.05, 0.1) is 49.5 Å². The molecule has 5 aromatic rings. The van der Waals surface area contributed by atoms with Gasteiger partial charge in [0.1, 0.15) is 17.7 Å². The highest BCUT2D eigenvalue weighted by Gasteiger charge is 2.41. The maximum atomic E-state index is 13.9. The van der Waals surface area contributed by atoms with Crippen molar-refractivity contribution in [2.75, 3.05) is 33.4 Å². The van der Waals surface area contributed by atoms with E-state index in [0.717, 1.165) is 63.1 Å². The molecule has 8 rings (SSSR count). The molecule has 3 saturated heterocycles. The standard InChI is InChI=1S/C39H41F2N7O4/c1-51-38(50)47-34(25-12-15-52-16-13-25)37(49)48-14-2-3-33(48)36-43-21-32(46-36)29-11-10-27-17-26(8-9-28(27)18-29)23-4-6-24(7-5-23)31-20-42-35(45-31)30-19-39(40,41)22-44-30/h4-11,17-18,20-21,25,30,33-34,44H,2-3,12-16,19,22H2,1H3,(H,42,45)(H,43,46)(H,47,50)/t30?,33?,34-/m0/s1. The highest BCUT2D eigenvalue weighted by atomic mass is 19.3. The number of imidazole rings is 2. The highest BCUT2D eigenvalue weighted by molar-refractivity contribution is 5.91. The maximum Gasteiger partial charge on any atom is 0.407 e. The molecule has 13 heteroatoms. The van der Waals surface area contributed by atoms with Crippen molar-refractivity contribution in [1.29, 1.82) is 0 Å². The Hall–Kier alpha value is -5.14. The minimum atomic E-state index is -2.72. The normalized spacial score (nSPS) is 21.0.